The van der Waals surface area contributed by atoms with Gasteiger partial charge in [-0.2, -0.15) is 0 Å². The molecule has 1 aliphatic heterocycles. The van der Waals surface area contributed by atoms with Gasteiger partial charge < -0.3 is 20.3 Å². The van der Waals surface area contributed by atoms with Crippen LogP contribution in [-0.2, 0) is 14.3 Å². The summed E-state index contributed by atoms with van der Waals surface area (Å²) >= 11 is 0. The van der Waals surface area contributed by atoms with E-state index in [9.17, 15) is 9.59 Å². The summed E-state index contributed by atoms with van der Waals surface area (Å²) in [6, 6.07) is 0. The average molecular weight is 221 g/mol. The summed E-state index contributed by atoms with van der Waals surface area (Å²) in [4.78, 5) is 24.4. The molecular weight excluding hydrogens is 202 g/mol. The summed E-state index contributed by atoms with van der Waals surface area (Å²) in [6.45, 7) is -0.283. The van der Waals surface area contributed by atoms with Gasteiger partial charge in [-0.15, -0.1) is 0 Å². The van der Waals surface area contributed by atoms with Crippen molar-refractivity contribution in [2.45, 2.75) is 12.6 Å². The van der Waals surface area contributed by atoms with Gasteiger partial charge in [0.1, 0.15) is 0 Å². The summed E-state index contributed by atoms with van der Waals surface area (Å²) in [5.74, 6) is -2.09. The fraction of sp³-hybridized carbons (Fsp3) is 0.556. The summed E-state index contributed by atoms with van der Waals surface area (Å²) in [6.07, 6.45) is 0. The largest absolute Gasteiger partial charge is 0.392 e. The lowest BCUT2D eigenvalue weighted by Gasteiger charge is -2.33. The van der Waals surface area contributed by atoms with Crippen molar-refractivity contribution in [3.8, 4) is 0 Å². The van der Waals surface area contributed by atoms with Crippen molar-refractivity contribution in [1.82, 2.24) is 5.31 Å². The van der Waals surface area contributed by atoms with E-state index in [1.165, 1.54) is 0 Å². The Balaban J connectivity index is 3.35. The van der Waals surface area contributed by atoms with Crippen molar-refractivity contribution in [1.29, 1.82) is 2.86 Å². The predicted molar refractivity (Wildman–Crippen MR) is 49.8 cm³/mol. The SMILES string of the molecule is [2H]OCC1=C(CO[2H])C(=O)C(C)(OC([2H])([2H])[2H])N([2H])C1=O. The van der Waals surface area contributed by atoms with Crippen LogP contribution in [0, 0.1) is 0 Å². The molecule has 0 spiro atoms. The number of ether oxygens (including phenoxy) is 1. The Labute approximate surface area is 95.2 Å². The zero-order valence-electron chi connectivity index (χ0n) is 13.9. The van der Waals surface area contributed by atoms with Crippen LogP contribution in [0.3, 0.4) is 0 Å². The number of carbonyl (C=O) groups is 2. The van der Waals surface area contributed by atoms with Crippen molar-refractivity contribution < 1.29 is 30.1 Å². The molecule has 0 aromatic heterocycles. The van der Waals surface area contributed by atoms with E-state index in [1.807, 2.05) is 0 Å². The second kappa shape index (κ2) is 4.09. The smallest absolute Gasteiger partial charge is 0.252 e. The van der Waals surface area contributed by atoms with Gasteiger partial charge in [0.2, 0.25) is 14.4 Å². The minimum atomic E-state index is -3.03. The third-order valence-corrected chi connectivity index (χ3v) is 2.12. The number of nitrogens with one attached hydrogen (secondary N) is 1. The quantitative estimate of drug-likeness (QED) is 0.516. The normalized spacial score (nSPS) is 34.1. The van der Waals surface area contributed by atoms with Gasteiger partial charge in [0.15, 0.2) is 1.41 Å². The van der Waals surface area contributed by atoms with Gasteiger partial charge >= 0.3 is 0 Å². The first-order valence-electron chi connectivity index (χ1n) is 6.81. The van der Waals surface area contributed by atoms with Gasteiger partial charge in [-0.05, 0) is 6.92 Å². The number of hydrogen-bond donors (Lipinski definition) is 3. The molecule has 0 aromatic rings. The molecule has 1 amide bonds. The van der Waals surface area contributed by atoms with E-state index in [2.05, 4.69) is 15.0 Å². The monoisotopic (exact) mass is 221 g/mol. The van der Waals surface area contributed by atoms with Crippen LogP contribution in [0.25, 0.3) is 0 Å². The molecule has 0 saturated carbocycles. The summed E-state index contributed by atoms with van der Waals surface area (Å²) in [5.41, 5.74) is -3.11. The van der Waals surface area contributed by atoms with Gasteiger partial charge in [-0.3, -0.25) is 9.59 Å². The molecule has 1 atom stereocenters. The highest BCUT2D eigenvalue weighted by Crippen LogP contribution is 2.21. The zero-order chi connectivity index (χ0) is 16.4. The predicted octanol–water partition coefficient (Wildman–Crippen LogP) is -1.67. The van der Waals surface area contributed by atoms with Crippen LogP contribution < -0.4 is 5.31 Å². The molecular formula is C9H13NO5. The zero-order valence-corrected chi connectivity index (χ0v) is 7.90. The number of carbonyl (C=O) groups excluding carboxylic acids is 2. The second-order valence-corrected chi connectivity index (χ2v) is 3.08. The second-order valence-electron chi connectivity index (χ2n) is 3.08. The number of aliphatic hydroxyl groups excluding tert-OH is 2. The van der Waals surface area contributed by atoms with Crippen molar-refractivity contribution in [2.75, 3.05) is 20.3 Å². The molecule has 0 aliphatic carbocycles. The number of hydrogen-bond acceptors (Lipinski definition) is 5. The number of methoxy groups -OCH3 is 1. The number of rotatable bonds is 5. The number of ketones is 1. The van der Waals surface area contributed by atoms with Crippen LogP contribution in [-0.4, -0.2) is 50.7 Å². The third-order valence-electron chi connectivity index (χ3n) is 2.12. The topological polar surface area (TPSA) is 95.9 Å². The van der Waals surface area contributed by atoms with Gasteiger partial charge in [0.25, 0.3) is 5.91 Å². The third kappa shape index (κ3) is 1.79. The van der Waals surface area contributed by atoms with E-state index < -0.39 is 37.7 Å². The summed E-state index contributed by atoms with van der Waals surface area (Å²) in [5, 5.41) is 8.17. The minimum Gasteiger partial charge on any atom is -0.392 e. The fourth-order valence-corrected chi connectivity index (χ4v) is 1.23. The molecule has 3 N–H and O–H groups in total. The van der Waals surface area contributed by atoms with Crippen LogP contribution in [0.5, 0.6) is 0 Å². The fourth-order valence-electron chi connectivity index (χ4n) is 1.23. The average Bonchev–Trinajstić information content (AvgIpc) is 2.37. The molecule has 1 heterocycles. The van der Waals surface area contributed by atoms with E-state index in [0.717, 1.165) is 6.92 Å². The van der Waals surface area contributed by atoms with Crippen LogP contribution in [0.1, 0.15) is 11.0 Å². The standard InChI is InChI=1S/C9H13NO5/c1-9(15-2)7(13)5(3-11)6(4-12)8(14)10-9/h11-12H,3-4H2,1-2H3,(H,10,14)/i2D3,11D,12D/hD. The van der Waals surface area contributed by atoms with E-state index in [1.54, 1.807) is 0 Å². The molecule has 6 heteroatoms. The lowest BCUT2D eigenvalue weighted by Crippen LogP contribution is -2.58. The Kier molecular flexibility index (Phi) is 1.57. The van der Waals surface area contributed by atoms with Crippen LogP contribution >= 0.6 is 0 Å². The van der Waals surface area contributed by atoms with E-state index in [4.69, 9.17) is 8.39 Å². The van der Waals surface area contributed by atoms with Crippen molar-refractivity contribution in [2.24, 2.45) is 0 Å². The van der Waals surface area contributed by atoms with Gasteiger partial charge in [-0.1, -0.05) is 0 Å². The Bertz CT molecular complexity index is 478. The Morgan fingerprint density at radius 1 is 1.53 bits per heavy atom. The first-order chi connectivity index (χ1) is 9.58. The van der Waals surface area contributed by atoms with Gasteiger partial charge in [0, 0.05) is 12.6 Å². The van der Waals surface area contributed by atoms with Crippen molar-refractivity contribution >= 4 is 11.7 Å². The van der Waals surface area contributed by atoms with Gasteiger partial charge in [-0.25, -0.2) is 0 Å². The summed E-state index contributed by atoms with van der Waals surface area (Å²) in [7, 11) is -3.03. The van der Waals surface area contributed by atoms with Crippen molar-refractivity contribution in [3.63, 3.8) is 0 Å². The van der Waals surface area contributed by atoms with E-state index in [0.29, 0.717) is 0 Å². The highest BCUT2D eigenvalue weighted by molar-refractivity contribution is 6.14. The molecule has 0 fully saturated rings. The molecule has 1 aliphatic rings. The van der Waals surface area contributed by atoms with Crippen LogP contribution in [0.15, 0.2) is 11.1 Å². The van der Waals surface area contributed by atoms with E-state index >= 15 is 0 Å². The molecule has 1 rings (SSSR count). The number of amides is 1. The molecule has 0 aromatic carbocycles. The molecule has 84 valence electrons. The maximum absolute atomic E-state index is 12.3. The first-order valence-corrected chi connectivity index (χ1v) is 4.05. The first kappa shape index (κ1) is 5.74. The van der Waals surface area contributed by atoms with E-state index in [-0.39, 0.29) is 16.5 Å². The molecule has 0 radical (unpaired) electrons. The molecule has 15 heavy (non-hydrogen) atoms. The van der Waals surface area contributed by atoms with Crippen LogP contribution in [0.4, 0.5) is 0 Å². The van der Waals surface area contributed by atoms with Crippen molar-refractivity contribution in [3.05, 3.63) is 11.1 Å². The maximum atomic E-state index is 12.3. The lowest BCUT2D eigenvalue weighted by molar-refractivity contribution is -0.147. The highest BCUT2D eigenvalue weighted by atomic mass is 16.5. The number of Topliss-reactive ketones (excluding diaryl/α,β-unsaturated/α-hetero) is 1. The molecule has 0 saturated heterocycles. The number of aliphatic hydroxyl groups is 2. The summed E-state index contributed by atoms with van der Waals surface area (Å²) < 4.78 is 46.6. The van der Waals surface area contributed by atoms with Gasteiger partial charge in [0.05, 0.1) is 22.9 Å². The Hall–Kier alpha value is -1.24. The molecule has 0 bridgehead atoms. The molecule has 6 nitrogen and oxygen atoms in total. The maximum Gasteiger partial charge on any atom is 0.252 e. The minimum absolute atomic E-state index is 0.0729. The highest BCUT2D eigenvalue weighted by Gasteiger charge is 2.43. The van der Waals surface area contributed by atoms with Crippen LogP contribution in [0.2, 0.25) is 1.41 Å². The lowest BCUT2D eigenvalue weighted by atomic mass is 9.93. The molecule has 1 unspecified atom stereocenters. The Morgan fingerprint density at radius 2 is 2.20 bits per heavy atom. The Morgan fingerprint density at radius 3 is 2.80 bits per heavy atom.